The summed E-state index contributed by atoms with van der Waals surface area (Å²) in [6, 6.07) is 1.86. The van der Waals surface area contributed by atoms with E-state index in [9.17, 15) is 20.0 Å². The van der Waals surface area contributed by atoms with Crippen LogP contribution in [-0.2, 0) is 22.4 Å². The zero-order chi connectivity index (χ0) is 33.1. The van der Waals surface area contributed by atoms with Crippen molar-refractivity contribution in [2.24, 2.45) is 0 Å². The first kappa shape index (κ1) is 31.0. The Morgan fingerprint density at radius 2 is 1.77 bits per heavy atom. The summed E-state index contributed by atoms with van der Waals surface area (Å²) >= 11 is 0. The fraction of sp³-hybridized carbons (Fsp3) is 0.500. The molecule has 248 valence electrons. The number of phenols is 1. The predicted octanol–water partition coefficient (Wildman–Crippen LogP) is 2.70. The number of nitrogens with one attached hydrogen (secondary N) is 2. The van der Waals surface area contributed by atoms with Gasteiger partial charge in [-0.3, -0.25) is 14.6 Å². The molecule has 0 spiro atoms. The number of cyclic esters (lactones) is 1. The van der Waals surface area contributed by atoms with Crippen LogP contribution < -0.4 is 29.6 Å². The lowest BCUT2D eigenvalue weighted by molar-refractivity contribution is -0.123. The first-order valence-electron chi connectivity index (χ1n) is 15.9. The molecule has 1 fully saturated rings. The van der Waals surface area contributed by atoms with Crippen molar-refractivity contribution in [3.63, 3.8) is 0 Å². The number of ether oxygens (including phenoxy) is 5. The number of alkyl carbamates (subject to hydrolysis) is 1. The number of piperazine rings is 1. The quantitative estimate of drug-likeness (QED) is 0.392. The predicted molar refractivity (Wildman–Crippen MR) is 168 cm³/mol. The van der Waals surface area contributed by atoms with E-state index in [0.717, 1.165) is 33.4 Å². The second kappa shape index (κ2) is 11.8. The molecule has 2 aromatic rings. The summed E-state index contributed by atoms with van der Waals surface area (Å²) in [5.74, 6) is 1.93. The number of amides is 2. The van der Waals surface area contributed by atoms with Gasteiger partial charge in [-0.25, -0.2) is 4.79 Å². The fourth-order valence-corrected chi connectivity index (χ4v) is 8.25. The number of benzene rings is 2. The van der Waals surface area contributed by atoms with Gasteiger partial charge >= 0.3 is 6.09 Å². The highest BCUT2D eigenvalue weighted by molar-refractivity contribution is 5.85. The Hall–Kier alpha value is -4.67. The van der Waals surface area contributed by atoms with Gasteiger partial charge in [0.05, 0.1) is 25.3 Å². The molecule has 0 aromatic heterocycles. The topological polar surface area (TPSA) is 155 Å². The maximum Gasteiger partial charge on any atom is 0.408 e. The monoisotopic (exact) mass is 645 g/mol. The first-order valence-corrected chi connectivity index (χ1v) is 15.9. The SMILES string of the molecule is COc1c(C)cc2c(c1O)[C@@H]1[C@@H]3Cc4c5c(C)c6c(c4C(CNC(=O)C(C)NC(=O)OC/C=C/CO5)N3[C@@H](C#N)[C@H](C2)N1C)OCO6. The number of phenolic OH excluding ortho intramolecular Hbond substituents is 1. The third-order valence-corrected chi connectivity index (χ3v) is 10.3. The molecule has 13 heteroatoms. The van der Waals surface area contributed by atoms with Crippen LogP contribution in [-0.4, -0.2) is 91.8 Å². The molecule has 0 saturated carbocycles. The highest BCUT2D eigenvalue weighted by Gasteiger charge is 2.56. The summed E-state index contributed by atoms with van der Waals surface area (Å²) in [4.78, 5) is 30.1. The molecule has 0 radical (unpaired) electrons. The van der Waals surface area contributed by atoms with E-state index in [2.05, 4.69) is 32.6 Å². The fourth-order valence-electron chi connectivity index (χ4n) is 8.25. The van der Waals surface area contributed by atoms with Gasteiger partial charge in [0, 0.05) is 40.9 Å². The van der Waals surface area contributed by atoms with E-state index in [1.807, 2.05) is 20.9 Å². The van der Waals surface area contributed by atoms with Crippen LogP contribution in [0.15, 0.2) is 18.2 Å². The number of rotatable bonds is 1. The van der Waals surface area contributed by atoms with Crippen LogP contribution in [0.1, 0.15) is 52.4 Å². The van der Waals surface area contributed by atoms with E-state index < -0.39 is 30.1 Å². The molecule has 3 N–H and O–H groups in total. The van der Waals surface area contributed by atoms with Crippen molar-refractivity contribution in [3.8, 4) is 34.8 Å². The number of carbonyl (C=O) groups excluding carboxylic acids is 2. The van der Waals surface area contributed by atoms with Crippen LogP contribution in [0, 0.1) is 25.2 Å². The molecule has 7 rings (SSSR count). The van der Waals surface area contributed by atoms with Crippen molar-refractivity contribution in [3.05, 3.63) is 51.6 Å². The molecule has 2 amide bonds. The highest BCUT2D eigenvalue weighted by atomic mass is 16.7. The average molecular weight is 646 g/mol. The van der Waals surface area contributed by atoms with Crippen LogP contribution in [0.3, 0.4) is 0 Å². The minimum absolute atomic E-state index is 0.0113. The number of nitrogens with zero attached hydrogens (tertiary/aromatic N) is 3. The van der Waals surface area contributed by atoms with Gasteiger partial charge < -0.3 is 39.4 Å². The van der Waals surface area contributed by atoms with Crippen molar-refractivity contribution in [2.75, 3.05) is 40.7 Å². The van der Waals surface area contributed by atoms with Gasteiger partial charge in [0.1, 0.15) is 31.0 Å². The number of nitriles is 1. The second-order valence-corrected chi connectivity index (χ2v) is 12.7. The van der Waals surface area contributed by atoms with Gasteiger partial charge in [0.15, 0.2) is 23.0 Å². The largest absolute Gasteiger partial charge is 0.504 e. The zero-order valence-electron chi connectivity index (χ0n) is 27.1. The Bertz CT molecular complexity index is 1720. The molecular formula is C34H39N5O8. The van der Waals surface area contributed by atoms with Gasteiger partial charge in [0.25, 0.3) is 0 Å². The number of aromatic hydroxyl groups is 1. The highest BCUT2D eigenvalue weighted by Crippen LogP contribution is 2.58. The van der Waals surface area contributed by atoms with Gasteiger partial charge in [-0.15, -0.1) is 0 Å². The molecule has 13 nitrogen and oxygen atoms in total. The van der Waals surface area contributed by atoms with Gasteiger partial charge in [-0.2, -0.15) is 5.26 Å². The smallest absolute Gasteiger partial charge is 0.408 e. The molecule has 1 saturated heterocycles. The van der Waals surface area contributed by atoms with E-state index in [1.165, 1.54) is 0 Å². The Balaban J connectivity index is 1.44. The van der Waals surface area contributed by atoms with E-state index in [1.54, 1.807) is 26.2 Å². The lowest BCUT2D eigenvalue weighted by Gasteiger charge is -2.60. The summed E-state index contributed by atoms with van der Waals surface area (Å²) in [5, 5.41) is 28.1. The Morgan fingerprint density at radius 3 is 2.51 bits per heavy atom. The van der Waals surface area contributed by atoms with E-state index in [0.29, 0.717) is 35.8 Å². The lowest BCUT2D eigenvalue weighted by atomic mass is 9.71. The second-order valence-electron chi connectivity index (χ2n) is 12.7. The minimum atomic E-state index is -0.876. The molecule has 2 unspecified atom stereocenters. The van der Waals surface area contributed by atoms with Crippen molar-refractivity contribution in [1.82, 2.24) is 20.4 Å². The summed E-state index contributed by atoms with van der Waals surface area (Å²) in [5.41, 5.74) is 5.10. The van der Waals surface area contributed by atoms with Crippen molar-refractivity contribution in [1.29, 1.82) is 5.26 Å². The number of hydrogen-bond acceptors (Lipinski definition) is 11. The summed E-state index contributed by atoms with van der Waals surface area (Å²) < 4.78 is 29.4. The average Bonchev–Trinajstić information content (AvgIpc) is 3.53. The first-order chi connectivity index (χ1) is 22.7. The van der Waals surface area contributed by atoms with Gasteiger partial charge in [0.2, 0.25) is 12.7 Å². The zero-order valence-corrected chi connectivity index (χ0v) is 27.1. The maximum atomic E-state index is 13.4. The summed E-state index contributed by atoms with van der Waals surface area (Å²) in [6.07, 6.45) is 3.76. The number of carbonyl (C=O) groups is 2. The number of fused-ring (bicyclic) bond motifs is 8. The molecule has 5 aliphatic heterocycles. The van der Waals surface area contributed by atoms with Crippen LogP contribution in [0.4, 0.5) is 4.79 Å². The molecule has 47 heavy (non-hydrogen) atoms. The number of hydrogen-bond donors (Lipinski definition) is 3. The number of methoxy groups -OCH3 is 1. The van der Waals surface area contributed by atoms with E-state index >= 15 is 0 Å². The molecule has 2 aromatic carbocycles. The van der Waals surface area contributed by atoms with Crippen LogP contribution in [0.2, 0.25) is 0 Å². The van der Waals surface area contributed by atoms with Crippen LogP contribution in [0.5, 0.6) is 28.7 Å². The molecule has 5 aliphatic rings. The third kappa shape index (κ3) is 4.81. The number of aryl methyl sites for hydroxylation is 1. The third-order valence-electron chi connectivity index (χ3n) is 10.3. The summed E-state index contributed by atoms with van der Waals surface area (Å²) in [7, 11) is 3.56. The van der Waals surface area contributed by atoms with Gasteiger partial charge in [-0.05, 0) is 63.9 Å². The van der Waals surface area contributed by atoms with E-state index in [4.69, 9.17) is 23.7 Å². The normalized spacial score (nSPS) is 29.2. The lowest BCUT2D eigenvalue weighted by Crippen LogP contribution is -2.69. The minimum Gasteiger partial charge on any atom is -0.504 e. The van der Waals surface area contributed by atoms with Crippen molar-refractivity contribution >= 4 is 12.0 Å². The molecule has 0 aliphatic carbocycles. The number of likely N-dealkylation sites (N-methyl/N-ethyl adjacent to an activating group) is 1. The summed E-state index contributed by atoms with van der Waals surface area (Å²) in [6.45, 7) is 5.79. The van der Waals surface area contributed by atoms with Crippen LogP contribution >= 0.6 is 0 Å². The molecule has 6 bridgehead atoms. The van der Waals surface area contributed by atoms with Crippen LogP contribution in [0.25, 0.3) is 0 Å². The standard InChI is InChI=1S/C34H39N5O8/c1-16-10-19-11-21-23(13-35)39-22(27(38(21)4)25(19)28(40)29(16)43-5)12-20-26-24(39)14-36-33(41)18(3)37-34(42)45-9-7-6-8-44-30(20)17(2)31-32(26)47-15-46-31/h6-7,10,18,21-24,27,40H,8-9,11-12,14-15H2,1-5H3,(H,36,41)(H,37,42)/b7-6+/t18?,21-,22-,23-,24?,27-/m0/s1. The van der Waals surface area contributed by atoms with Crippen molar-refractivity contribution < 1.29 is 38.4 Å². The maximum absolute atomic E-state index is 13.4. The molecular weight excluding hydrogens is 606 g/mol. The Labute approximate surface area is 272 Å². The Morgan fingerprint density at radius 1 is 1.02 bits per heavy atom. The molecule has 6 atom stereocenters. The molecule has 5 heterocycles. The van der Waals surface area contributed by atoms with Gasteiger partial charge in [-0.1, -0.05) is 6.07 Å². The van der Waals surface area contributed by atoms with E-state index in [-0.39, 0.29) is 50.4 Å². The Kier molecular flexibility index (Phi) is 7.80. The van der Waals surface area contributed by atoms with Crippen molar-refractivity contribution in [2.45, 2.75) is 69.9 Å².